The van der Waals surface area contributed by atoms with Crippen molar-refractivity contribution in [2.75, 3.05) is 12.4 Å². The maximum atomic E-state index is 12.5. The average molecular weight is 403 g/mol. The summed E-state index contributed by atoms with van der Waals surface area (Å²) in [6, 6.07) is 0. The average Bonchev–Trinajstić information content (AvgIpc) is 3.16. The maximum Gasteiger partial charge on any atom is 0.311 e. The van der Waals surface area contributed by atoms with Gasteiger partial charge in [0.05, 0.1) is 33.1 Å². The molecule has 6 atom stereocenters. The first-order valence-electron chi connectivity index (χ1n) is 8.98. The summed E-state index contributed by atoms with van der Waals surface area (Å²) in [6.07, 6.45) is -0.230. The predicted octanol–water partition coefficient (Wildman–Crippen LogP) is 0.230. The Hall–Kier alpha value is -1.68. The first-order valence-corrected chi connectivity index (χ1v) is 10.6. The van der Waals surface area contributed by atoms with Crippen LogP contribution in [0.1, 0.15) is 33.6 Å². The highest BCUT2D eigenvalue weighted by Crippen LogP contribution is 2.59. The van der Waals surface area contributed by atoms with Crippen molar-refractivity contribution in [1.29, 1.82) is 0 Å². The molecule has 3 aliphatic rings. The zero-order valence-electron chi connectivity index (χ0n) is 15.4. The monoisotopic (exact) mass is 403 g/mol. The van der Waals surface area contributed by atoms with E-state index in [2.05, 4.69) is 0 Å². The topological polar surface area (TPSA) is 136 Å². The highest BCUT2D eigenvalue weighted by molar-refractivity contribution is 7.85. The van der Waals surface area contributed by atoms with Gasteiger partial charge in [0.2, 0.25) is 0 Å². The van der Waals surface area contributed by atoms with Gasteiger partial charge in [-0.05, 0) is 26.7 Å². The summed E-state index contributed by atoms with van der Waals surface area (Å²) in [6.45, 7) is 4.79. The van der Waals surface area contributed by atoms with Gasteiger partial charge in [-0.25, -0.2) is 8.42 Å². The van der Waals surface area contributed by atoms with Crippen LogP contribution in [0.5, 0.6) is 0 Å². The predicted molar refractivity (Wildman–Crippen MR) is 87.9 cm³/mol. The van der Waals surface area contributed by atoms with Crippen LogP contribution in [0.15, 0.2) is 0 Å². The van der Waals surface area contributed by atoms with Gasteiger partial charge in [-0.3, -0.25) is 14.4 Å². The highest BCUT2D eigenvalue weighted by Gasteiger charge is 2.70. The first-order chi connectivity index (χ1) is 12.5. The van der Waals surface area contributed by atoms with E-state index in [1.165, 1.54) is 0 Å². The van der Waals surface area contributed by atoms with Gasteiger partial charge < -0.3 is 18.8 Å². The first kappa shape index (κ1) is 20.1. The molecule has 0 amide bonds. The quantitative estimate of drug-likeness (QED) is 0.332. The Morgan fingerprint density at radius 3 is 2.56 bits per heavy atom. The van der Waals surface area contributed by atoms with Crippen molar-refractivity contribution in [3.8, 4) is 0 Å². The standard InChI is InChI=1S/C17H24O9S/c1-4-17(2,3)16(20)26-13-8-7-9-11(15(19)25-12(9)13)10(8)14(18)24-5-6-27(21,22)23/h8-13H,4-7H2,1-3H3,(H,21,22,23)/p-1. The van der Waals surface area contributed by atoms with E-state index in [1.54, 1.807) is 13.8 Å². The van der Waals surface area contributed by atoms with Gasteiger partial charge in [-0.1, -0.05) is 6.92 Å². The van der Waals surface area contributed by atoms with Crippen molar-refractivity contribution < 1.29 is 41.6 Å². The van der Waals surface area contributed by atoms with Crippen LogP contribution in [0, 0.1) is 29.1 Å². The number of esters is 3. The molecular weight excluding hydrogens is 380 g/mol. The minimum atomic E-state index is -4.51. The summed E-state index contributed by atoms with van der Waals surface area (Å²) < 4.78 is 47.9. The number of hydrogen-bond acceptors (Lipinski definition) is 9. The number of carbonyl (C=O) groups excluding carboxylic acids is 3. The van der Waals surface area contributed by atoms with E-state index >= 15 is 0 Å². The van der Waals surface area contributed by atoms with E-state index in [9.17, 15) is 27.4 Å². The Morgan fingerprint density at radius 1 is 1.30 bits per heavy atom. The van der Waals surface area contributed by atoms with Gasteiger partial charge in [0.15, 0.2) is 0 Å². The number of ether oxygens (including phenoxy) is 3. The lowest BCUT2D eigenvalue weighted by molar-refractivity contribution is -0.173. The molecule has 27 heavy (non-hydrogen) atoms. The third-order valence-electron chi connectivity index (χ3n) is 6.08. The van der Waals surface area contributed by atoms with Crippen LogP contribution in [0.2, 0.25) is 0 Å². The van der Waals surface area contributed by atoms with Crippen molar-refractivity contribution in [1.82, 2.24) is 0 Å². The molecular formula is C17H23O9S-. The van der Waals surface area contributed by atoms with Gasteiger partial charge in [0, 0.05) is 11.8 Å². The van der Waals surface area contributed by atoms with Crippen molar-refractivity contribution in [3.63, 3.8) is 0 Å². The molecule has 0 radical (unpaired) electrons. The van der Waals surface area contributed by atoms with Crippen LogP contribution in [-0.4, -0.2) is 55.4 Å². The summed E-state index contributed by atoms with van der Waals surface area (Å²) in [5.74, 6) is -4.74. The van der Waals surface area contributed by atoms with Crippen LogP contribution < -0.4 is 0 Å². The molecule has 2 bridgehead atoms. The van der Waals surface area contributed by atoms with Crippen LogP contribution in [0.4, 0.5) is 0 Å². The largest absolute Gasteiger partial charge is 0.748 e. The Morgan fingerprint density at radius 2 is 1.96 bits per heavy atom. The fourth-order valence-electron chi connectivity index (χ4n) is 4.24. The van der Waals surface area contributed by atoms with Crippen LogP contribution >= 0.6 is 0 Å². The second kappa shape index (κ2) is 6.73. The molecule has 2 saturated carbocycles. The minimum Gasteiger partial charge on any atom is -0.748 e. The van der Waals surface area contributed by atoms with Gasteiger partial charge in [-0.2, -0.15) is 0 Å². The molecule has 0 aromatic carbocycles. The van der Waals surface area contributed by atoms with Gasteiger partial charge in [0.25, 0.3) is 0 Å². The number of carbonyl (C=O) groups is 3. The Kier molecular flexibility index (Phi) is 5.00. The number of hydrogen-bond donors (Lipinski definition) is 0. The summed E-state index contributed by atoms with van der Waals surface area (Å²) in [5.41, 5.74) is -0.706. The zero-order chi connectivity index (χ0) is 20.1. The summed E-state index contributed by atoms with van der Waals surface area (Å²) in [5, 5.41) is 0. The van der Waals surface area contributed by atoms with Crippen molar-refractivity contribution >= 4 is 28.0 Å². The van der Waals surface area contributed by atoms with Crippen LogP contribution in [-0.2, 0) is 38.7 Å². The molecule has 1 saturated heterocycles. The van der Waals surface area contributed by atoms with Gasteiger partial charge >= 0.3 is 17.9 Å². The fourth-order valence-corrected chi connectivity index (χ4v) is 4.52. The van der Waals surface area contributed by atoms with E-state index in [-0.39, 0.29) is 5.92 Å². The van der Waals surface area contributed by atoms with E-state index in [0.29, 0.717) is 12.8 Å². The second-order valence-corrected chi connectivity index (χ2v) is 9.58. The third kappa shape index (κ3) is 3.56. The third-order valence-corrected chi connectivity index (χ3v) is 6.74. The van der Waals surface area contributed by atoms with Gasteiger partial charge in [-0.15, -0.1) is 0 Å². The van der Waals surface area contributed by atoms with E-state index in [4.69, 9.17) is 14.2 Å². The summed E-state index contributed by atoms with van der Waals surface area (Å²) >= 11 is 0. The normalized spacial score (nSPS) is 34.4. The highest BCUT2D eigenvalue weighted by atomic mass is 32.2. The summed E-state index contributed by atoms with van der Waals surface area (Å²) in [4.78, 5) is 37.1. The lowest BCUT2D eigenvalue weighted by atomic mass is 9.78. The lowest BCUT2D eigenvalue weighted by Gasteiger charge is -2.32. The zero-order valence-corrected chi connectivity index (χ0v) is 16.2. The Labute approximate surface area is 157 Å². The molecule has 2 aliphatic carbocycles. The molecule has 6 unspecified atom stereocenters. The van der Waals surface area contributed by atoms with Gasteiger partial charge in [0.1, 0.15) is 18.8 Å². The lowest BCUT2D eigenvalue weighted by Crippen LogP contribution is -2.45. The molecule has 0 N–H and O–H groups in total. The summed E-state index contributed by atoms with van der Waals surface area (Å²) in [7, 11) is -4.51. The smallest absolute Gasteiger partial charge is 0.311 e. The molecule has 0 aromatic heterocycles. The molecule has 10 heteroatoms. The molecule has 152 valence electrons. The molecule has 9 nitrogen and oxygen atoms in total. The molecule has 3 fully saturated rings. The van der Waals surface area contributed by atoms with Crippen LogP contribution in [0.25, 0.3) is 0 Å². The Balaban J connectivity index is 1.74. The van der Waals surface area contributed by atoms with E-state index in [0.717, 1.165) is 0 Å². The maximum absolute atomic E-state index is 12.5. The van der Waals surface area contributed by atoms with Crippen LogP contribution in [0.3, 0.4) is 0 Å². The Bertz CT molecular complexity index is 756. The number of fused-ring (bicyclic) bond motifs is 1. The SMILES string of the molecule is CCC(C)(C)C(=O)OC1C2CC3C1OC(=O)C3C2C(=O)OCCS(=O)(=O)[O-]. The van der Waals surface area contributed by atoms with Crippen molar-refractivity contribution in [2.45, 2.75) is 45.8 Å². The molecule has 1 heterocycles. The number of rotatable bonds is 7. The minimum absolute atomic E-state index is 0.231. The molecule has 3 rings (SSSR count). The fraction of sp³-hybridized carbons (Fsp3) is 0.824. The van der Waals surface area contributed by atoms with Crippen molar-refractivity contribution in [3.05, 3.63) is 0 Å². The molecule has 1 aliphatic heterocycles. The van der Waals surface area contributed by atoms with Crippen molar-refractivity contribution in [2.24, 2.45) is 29.1 Å². The van der Waals surface area contributed by atoms with E-state index in [1.807, 2.05) is 6.92 Å². The molecule has 0 spiro atoms. The van der Waals surface area contributed by atoms with E-state index < -0.39 is 75.8 Å². The molecule has 0 aromatic rings. The second-order valence-electron chi connectivity index (χ2n) is 8.05.